The van der Waals surface area contributed by atoms with E-state index >= 15 is 0 Å². The van der Waals surface area contributed by atoms with Gasteiger partial charge < -0.3 is 15.7 Å². The van der Waals surface area contributed by atoms with Crippen molar-refractivity contribution in [3.8, 4) is 0 Å². The number of hydrogen-bond donors (Lipinski definition) is 3. The maximum absolute atomic E-state index is 12.7. The van der Waals surface area contributed by atoms with Gasteiger partial charge in [0.05, 0.1) is 11.2 Å². The highest BCUT2D eigenvalue weighted by molar-refractivity contribution is 5.98. The van der Waals surface area contributed by atoms with Gasteiger partial charge in [-0.05, 0) is 73.4 Å². The summed E-state index contributed by atoms with van der Waals surface area (Å²) in [4.78, 5) is 28.6. The number of aromatic nitrogens is 1. The van der Waals surface area contributed by atoms with Crippen molar-refractivity contribution in [1.29, 1.82) is 0 Å². The summed E-state index contributed by atoms with van der Waals surface area (Å²) >= 11 is 0. The molecule has 2 aromatic rings. The van der Waals surface area contributed by atoms with Gasteiger partial charge in [-0.2, -0.15) is 0 Å². The van der Waals surface area contributed by atoms with E-state index in [9.17, 15) is 9.59 Å². The van der Waals surface area contributed by atoms with Crippen LogP contribution in [0.5, 0.6) is 0 Å². The Bertz CT molecular complexity index is 1160. The van der Waals surface area contributed by atoms with Crippen LogP contribution >= 0.6 is 0 Å². The lowest BCUT2D eigenvalue weighted by molar-refractivity contribution is -0.137. The molecular weight excluding hydrogens is 414 g/mol. The summed E-state index contributed by atoms with van der Waals surface area (Å²) in [5.74, 6) is -0.668. The number of dihydropyridines is 1. The zero-order valence-corrected chi connectivity index (χ0v) is 18.6. The van der Waals surface area contributed by atoms with Crippen LogP contribution in [-0.2, 0) is 11.2 Å². The van der Waals surface area contributed by atoms with Gasteiger partial charge in [-0.15, -0.1) is 0 Å². The molecule has 6 nitrogen and oxygen atoms in total. The van der Waals surface area contributed by atoms with Crippen LogP contribution in [0.25, 0.3) is 10.9 Å². The number of fused-ring (bicyclic) bond motifs is 1. The SMILES string of the molecule is O=C(O)CCCCc1cc2cc(C(=O)NCC3=CCNC=C3)ccc2nc1C1C=CC=CC1. The van der Waals surface area contributed by atoms with Gasteiger partial charge in [0.1, 0.15) is 0 Å². The van der Waals surface area contributed by atoms with Gasteiger partial charge in [0.15, 0.2) is 0 Å². The fraction of sp³-hybridized carbons (Fsp3) is 0.296. The van der Waals surface area contributed by atoms with E-state index in [0.717, 1.165) is 53.5 Å². The van der Waals surface area contributed by atoms with Crippen molar-refractivity contribution in [2.75, 3.05) is 13.1 Å². The molecule has 33 heavy (non-hydrogen) atoms. The second kappa shape index (κ2) is 10.8. The van der Waals surface area contributed by atoms with Crippen LogP contribution in [-0.4, -0.2) is 35.1 Å². The molecular formula is C27H29N3O3. The molecule has 1 aromatic heterocycles. The van der Waals surface area contributed by atoms with Crippen molar-refractivity contribution in [2.24, 2.45) is 0 Å². The predicted octanol–water partition coefficient (Wildman–Crippen LogP) is 4.41. The molecule has 0 radical (unpaired) electrons. The molecule has 1 aliphatic heterocycles. The van der Waals surface area contributed by atoms with E-state index in [0.29, 0.717) is 18.5 Å². The average Bonchev–Trinajstić information content (AvgIpc) is 2.85. The van der Waals surface area contributed by atoms with Crippen LogP contribution in [0.15, 0.2) is 72.5 Å². The Hall–Kier alpha value is -3.67. The number of pyridine rings is 1. The fourth-order valence-corrected chi connectivity index (χ4v) is 4.18. The highest BCUT2D eigenvalue weighted by atomic mass is 16.4. The van der Waals surface area contributed by atoms with Crippen molar-refractivity contribution in [1.82, 2.24) is 15.6 Å². The number of hydrogen-bond acceptors (Lipinski definition) is 4. The number of nitrogens with zero attached hydrogens (tertiary/aromatic N) is 1. The first-order chi connectivity index (χ1) is 16.1. The molecule has 0 fully saturated rings. The van der Waals surface area contributed by atoms with Gasteiger partial charge >= 0.3 is 5.97 Å². The number of amides is 1. The minimum absolute atomic E-state index is 0.114. The van der Waals surface area contributed by atoms with E-state index in [1.807, 2.05) is 36.6 Å². The summed E-state index contributed by atoms with van der Waals surface area (Å²) in [6.07, 6.45) is 17.6. The molecule has 1 aromatic carbocycles. The smallest absolute Gasteiger partial charge is 0.303 e. The molecule has 0 saturated heterocycles. The van der Waals surface area contributed by atoms with E-state index in [-0.39, 0.29) is 18.2 Å². The van der Waals surface area contributed by atoms with Crippen LogP contribution in [0.4, 0.5) is 0 Å². The molecule has 1 amide bonds. The van der Waals surface area contributed by atoms with E-state index < -0.39 is 5.97 Å². The second-order valence-corrected chi connectivity index (χ2v) is 8.40. The molecule has 4 rings (SSSR count). The number of carboxylic acid groups (broad SMARTS) is 1. The number of carbonyl (C=O) groups excluding carboxylic acids is 1. The van der Waals surface area contributed by atoms with E-state index in [1.165, 1.54) is 0 Å². The van der Waals surface area contributed by atoms with Crippen LogP contribution < -0.4 is 10.6 Å². The third-order valence-electron chi connectivity index (χ3n) is 5.96. The van der Waals surface area contributed by atoms with Gasteiger partial charge in [-0.25, -0.2) is 0 Å². The number of carboxylic acids is 1. The molecule has 3 N–H and O–H groups in total. The Balaban J connectivity index is 1.55. The number of nitrogens with one attached hydrogen (secondary N) is 2. The van der Waals surface area contributed by atoms with Gasteiger partial charge in [-0.3, -0.25) is 14.6 Å². The number of aryl methyl sites for hydroxylation is 1. The number of aliphatic carboxylic acids is 1. The number of allylic oxidation sites excluding steroid dienone is 4. The van der Waals surface area contributed by atoms with Gasteiger partial charge in [-0.1, -0.05) is 30.4 Å². The summed E-state index contributed by atoms with van der Waals surface area (Å²) in [5.41, 5.74) is 4.71. The molecule has 170 valence electrons. The topological polar surface area (TPSA) is 91.3 Å². The minimum atomic E-state index is -0.765. The molecule has 1 aliphatic carbocycles. The standard InChI is InChI=1S/C27H29N3O3/c31-25(32)9-5-4-8-21-16-23-17-22(27(33)29-18-19-12-14-28-15-13-19)10-11-24(23)30-26(21)20-6-2-1-3-7-20/h1-3,6,10-14,16-17,20,28H,4-5,7-9,15,18H2,(H,29,33)(H,31,32). The van der Waals surface area contributed by atoms with Crippen molar-refractivity contribution in [3.63, 3.8) is 0 Å². The molecule has 1 unspecified atom stereocenters. The van der Waals surface area contributed by atoms with E-state index in [4.69, 9.17) is 10.1 Å². The molecule has 0 saturated carbocycles. The Labute approximate surface area is 193 Å². The lowest BCUT2D eigenvalue weighted by atomic mass is 9.90. The number of rotatable bonds is 9. The van der Waals surface area contributed by atoms with Crippen molar-refractivity contribution < 1.29 is 14.7 Å². The number of carbonyl (C=O) groups is 2. The first kappa shape index (κ1) is 22.5. The first-order valence-corrected chi connectivity index (χ1v) is 11.5. The van der Waals surface area contributed by atoms with Crippen molar-refractivity contribution in [2.45, 2.75) is 38.0 Å². The normalized spacial score (nSPS) is 17.0. The maximum atomic E-state index is 12.7. The zero-order chi connectivity index (χ0) is 23.0. The monoisotopic (exact) mass is 443 g/mol. The highest BCUT2D eigenvalue weighted by Gasteiger charge is 2.17. The average molecular weight is 444 g/mol. The third kappa shape index (κ3) is 5.98. The van der Waals surface area contributed by atoms with E-state index in [1.54, 1.807) is 0 Å². The minimum Gasteiger partial charge on any atom is -0.481 e. The summed E-state index contributed by atoms with van der Waals surface area (Å²) in [6, 6.07) is 7.75. The Morgan fingerprint density at radius 3 is 2.85 bits per heavy atom. The summed E-state index contributed by atoms with van der Waals surface area (Å²) in [5, 5.41) is 16.0. The van der Waals surface area contributed by atoms with Crippen LogP contribution in [0.3, 0.4) is 0 Å². The molecule has 1 atom stereocenters. The lowest BCUT2D eigenvalue weighted by Crippen LogP contribution is -2.26. The molecule has 2 heterocycles. The predicted molar refractivity (Wildman–Crippen MR) is 130 cm³/mol. The Morgan fingerprint density at radius 1 is 1.18 bits per heavy atom. The zero-order valence-electron chi connectivity index (χ0n) is 18.6. The van der Waals surface area contributed by atoms with Gasteiger partial charge in [0, 0.05) is 36.4 Å². The Kier molecular flexibility index (Phi) is 7.35. The highest BCUT2D eigenvalue weighted by Crippen LogP contribution is 2.30. The lowest BCUT2D eigenvalue weighted by Gasteiger charge is -2.18. The van der Waals surface area contributed by atoms with Gasteiger partial charge in [0.25, 0.3) is 5.91 Å². The number of benzene rings is 1. The molecule has 2 aliphatic rings. The van der Waals surface area contributed by atoms with Crippen LogP contribution in [0.1, 0.15) is 53.2 Å². The summed E-state index contributed by atoms with van der Waals surface area (Å²) in [7, 11) is 0. The maximum Gasteiger partial charge on any atom is 0.303 e. The van der Waals surface area contributed by atoms with Crippen LogP contribution in [0.2, 0.25) is 0 Å². The molecule has 0 bridgehead atoms. The van der Waals surface area contributed by atoms with E-state index in [2.05, 4.69) is 41.0 Å². The van der Waals surface area contributed by atoms with Crippen molar-refractivity contribution in [3.05, 3.63) is 89.3 Å². The quantitative estimate of drug-likeness (QED) is 0.500. The summed E-state index contributed by atoms with van der Waals surface area (Å²) < 4.78 is 0. The fourth-order valence-electron chi connectivity index (χ4n) is 4.18. The first-order valence-electron chi connectivity index (χ1n) is 11.5. The molecule has 0 spiro atoms. The van der Waals surface area contributed by atoms with Crippen LogP contribution in [0, 0.1) is 0 Å². The third-order valence-corrected chi connectivity index (χ3v) is 5.96. The second-order valence-electron chi connectivity index (χ2n) is 8.40. The number of unbranched alkanes of at least 4 members (excludes halogenated alkanes) is 1. The largest absolute Gasteiger partial charge is 0.481 e. The van der Waals surface area contributed by atoms with Crippen molar-refractivity contribution >= 4 is 22.8 Å². The Morgan fingerprint density at radius 2 is 2.09 bits per heavy atom. The van der Waals surface area contributed by atoms with Gasteiger partial charge in [0.2, 0.25) is 0 Å². The summed E-state index contributed by atoms with van der Waals surface area (Å²) in [6.45, 7) is 1.26. The molecule has 6 heteroatoms.